The van der Waals surface area contributed by atoms with Crippen molar-refractivity contribution in [2.45, 2.75) is 57.7 Å². The number of amides is 4. The predicted molar refractivity (Wildman–Crippen MR) is 100 cm³/mol. The summed E-state index contributed by atoms with van der Waals surface area (Å²) < 4.78 is 0. The number of nitrogens with one attached hydrogen (secondary N) is 5. The molecule has 157 valence electrons. The zero-order valence-corrected chi connectivity index (χ0v) is 16.0. The second-order valence-corrected chi connectivity index (χ2v) is 6.15. The number of rotatable bonds is 13. The first-order valence-corrected chi connectivity index (χ1v) is 8.68. The summed E-state index contributed by atoms with van der Waals surface area (Å²) in [6.45, 7) is 3.00. The molecule has 4 amide bonds. The predicted octanol–water partition coefficient (Wildman–Crippen LogP) is -2.88. The fourth-order valence-electron chi connectivity index (χ4n) is 2.17. The molecule has 28 heavy (non-hydrogen) atoms. The topological polar surface area (TPSA) is 209 Å². The van der Waals surface area contributed by atoms with E-state index in [-0.39, 0.29) is 25.2 Å². The zero-order chi connectivity index (χ0) is 21.7. The van der Waals surface area contributed by atoms with Crippen LogP contribution in [0.25, 0.3) is 0 Å². The van der Waals surface area contributed by atoms with Crippen molar-refractivity contribution in [2.24, 2.45) is 11.5 Å². The van der Waals surface area contributed by atoms with E-state index >= 15 is 0 Å². The first-order valence-electron chi connectivity index (χ1n) is 8.68. The molecule has 0 fully saturated rings. The van der Waals surface area contributed by atoms with Crippen LogP contribution in [0.15, 0.2) is 0 Å². The number of guanidine groups is 1. The molecule has 0 aliphatic rings. The Balaban J connectivity index is 4.68. The van der Waals surface area contributed by atoms with Crippen molar-refractivity contribution < 1.29 is 24.0 Å². The van der Waals surface area contributed by atoms with Gasteiger partial charge in [0.15, 0.2) is 5.96 Å². The molecule has 0 bridgehead atoms. The highest BCUT2D eigenvalue weighted by Crippen LogP contribution is 2.00. The zero-order valence-electron chi connectivity index (χ0n) is 16.0. The van der Waals surface area contributed by atoms with Gasteiger partial charge in [-0.3, -0.25) is 29.4 Å². The van der Waals surface area contributed by atoms with Crippen molar-refractivity contribution >= 4 is 35.9 Å². The molecule has 12 heteroatoms. The van der Waals surface area contributed by atoms with Crippen LogP contribution < -0.4 is 32.7 Å². The minimum Gasteiger partial charge on any atom is -0.370 e. The lowest BCUT2D eigenvalue weighted by molar-refractivity contribution is -0.131. The van der Waals surface area contributed by atoms with E-state index in [4.69, 9.17) is 16.9 Å². The highest BCUT2D eigenvalue weighted by molar-refractivity contribution is 5.92. The van der Waals surface area contributed by atoms with E-state index in [0.29, 0.717) is 13.0 Å². The lowest BCUT2D eigenvalue weighted by Gasteiger charge is -2.21. The summed E-state index contributed by atoms with van der Waals surface area (Å²) in [7, 11) is 0. The average molecular weight is 398 g/mol. The molecule has 9 N–H and O–H groups in total. The monoisotopic (exact) mass is 398 g/mol. The van der Waals surface area contributed by atoms with E-state index < -0.39 is 41.8 Å². The first-order chi connectivity index (χ1) is 13.1. The van der Waals surface area contributed by atoms with Crippen LogP contribution in [-0.4, -0.2) is 60.5 Å². The number of hydrogen-bond donors (Lipinski definition) is 7. The fourth-order valence-corrected chi connectivity index (χ4v) is 2.17. The van der Waals surface area contributed by atoms with Gasteiger partial charge in [0, 0.05) is 19.9 Å². The smallest absolute Gasteiger partial charge is 0.243 e. The maximum Gasteiger partial charge on any atom is 0.243 e. The van der Waals surface area contributed by atoms with Gasteiger partial charge in [-0.15, -0.1) is 0 Å². The van der Waals surface area contributed by atoms with Crippen molar-refractivity contribution in [2.75, 3.05) is 6.54 Å². The van der Waals surface area contributed by atoms with Crippen LogP contribution in [0.1, 0.15) is 39.5 Å². The Morgan fingerprint density at radius 2 is 1.68 bits per heavy atom. The van der Waals surface area contributed by atoms with Gasteiger partial charge < -0.3 is 32.7 Å². The van der Waals surface area contributed by atoms with E-state index in [2.05, 4.69) is 21.3 Å². The van der Waals surface area contributed by atoms with Crippen LogP contribution in [0, 0.1) is 5.41 Å². The molecule has 0 saturated carbocycles. The van der Waals surface area contributed by atoms with Crippen LogP contribution in [0.2, 0.25) is 0 Å². The van der Waals surface area contributed by atoms with E-state index in [9.17, 15) is 24.0 Å². The second kappa shape index (κ2) is 13.1. The Morgan fingerprint density at radius 3 is 2.18 bits per heavy atom. The Bertz CT molecular complexity index is 596. The van der Waals surface area contributed by atoms with Gasteiger partial charge in [-0.25, -0.2) is 0 Å². The van der Waals surface area contributed by atoms with Crippen molar-refractivity contribution in [3.63, 3.8) is 0 Å². The Kier molecular flexibility index (Phi) is 11.6. The molecule has 3 atom stereocenters. The largest absolute Gasteiger partial charge is 0.370 e. The lowest BCUT2D eigenvalue weighted by Crippen LogP contribution is -2.54. The van der Waals surface area contributed by atoms with Crippen molar-refractivity contribution in [1.29, 1.82) is 5.41 Å². The third-order valence-corrected chi connectivity index (χ3v) is 3.57. The molecule has 0 spiro atoms. The van der Waals surface area contributed by atoms with Crippen molar-refractivity contribution in [3.8, 4) is 0 Å². The third kappa shape index (κ3) is 11.4. The number of carbonyl (C=O) groups excluding carboxylic acids is 5. The van der Waals surface area contributed by atoms with E-state index in [0.717, 1.165) is 0 Å². The van der Waals surface area contributed by atoms with Gasteiger partial charge in [-0.2, -0.15) is 0 Å². The van der Waals surface area contributed by atoms with Crippen LogP contribution in [0.4, 0.5) is 0 Å². The fraction of sp³-hybridized carbons (Fsp3) is 0.625. The SMILES string of the molecule is CC(=O)N[C@@H](CCCNC(=N)N)C(=O)N[C@@H](C)C(=O)N[C@H]([C]=O)CCC(N)=O. The highest BCUT2D eigenvalue weighted by Gasteiger charge is 2.24. The summed E-state index contributed by atoms with van der Waals surface area (Å²) in [4.78, 5) is 57.4. The normalized spacial score (nSPS) is 13.4. The summed E-state index contributed by atoms with van der Waals surface area (Å²) in [5, 5.41) is 16.9. The van der Waals surface area contributed by atoms with Gasteiger partial charge >= 0.3 is 0 Å². The summed E-state index contributed by atoms with van der Waals surface area (Å²) in [6.07, 6.45) is 2.19. The molecule has 0 rings (SSSR count). The second-order valence-electron chi connectivity index (χ2n) is 6.15. The van der Waals surface area contributed by atoms with Gasteiger partial charge in [0.05, 0.1) is 6.04 Å². The lowest BCUT2D eigenvalue weighted by atomic mass is 10.1. The standard InChI is InChI=1S/C16H28N7O5/c1-9(14(27)23-11(8-24)5-6-13(17)26)21-15(28)12(22-10(2)25)4-3-7-20-16(18)19/h9,11-12H,3-7H2,1-2H3,(H2,17,26)(H,21,28)(H,22,25)(H,23,27)(H4,18,19,20)/t9-,11-,12-/m0/s1. The van der Waals surface area contributed by atoms with Crippen LogP contribution >= 0.6 is 0 Å². The molecule has 0 aromatic rings. The molecule has 0 aromatic heterocycles. The molecule has 0 aliphatic carbocycles. The summed E-state index contributed by atoms with van der Waals surface area (Å²) in [5.74, 6) is -2.47. The van der Waals surface area contributed by atoms with Gasteiger partial charge in [0.1, 0.15) is 12.1 Å². The molecule has 0 heterocycles. The third-order valence-electron chi connectivity index (χ3n) is 3.57. The Hall–Kier alpha value is -3.18. The quantitative estimate of drug-likeness (QED) is 0.0977. The summed E-state index contributed by atoms with van der Waals surface area (Å²) >= 11 is 0. The average Bonchev–Trinajstić information content (AvgIpc) is 2.59. The molecular weight excluding hydrogens is 370 g/mol. The van der Waals surface area contributed by atoms with Crippen LogP contribution in [0.3, 0.4) is 0 Å². The van der Waals surface area contributed by atoms with Gasteiger partial charge in [0.25, 0.3) is 0 Å². The van der Waals surface area contributed by atoms with Crippen molar-refractivity contribution in [1.82, 2.24) is 21.3 Å². The van der Waals surface area contributed by atoms with Crippen molar-refractivity contribution in [3.05, 3.63) is 0 Å². The summed E-state index contributed by atoms with van der Waals surface area (Å²) in [6, 6.07) is -2.91. The van der Waals surface area contributed by atoms with E-state index in [1.807, 2.05) is 0 Å². The van der Waals surface area contributed by atoms with E-state index in [1.165, 1.54) is 13.8 Å². The van der Waals surface area contributed by atoms with Crippen LogP contribution in [-0.2, 0) is 24.0 Å². The molecule has 12 nitrogen and oxygen atoms in total. The maximum absolute atomic E-state index is 12.4. The minimum absolute atomic E-state index is 0.00288. The number of hydrogen-bond acceptors (Lipinski definition) is 6. The molecular formula is C16H28N7O5. The maximum atomic E-state index is 12.4. The number of primary amides is 1. The van der Waals surface area contributed by atoms with Crippen LogP contribution in [0.5, 0.6) is 0 Å². The first kappa shape index (κ1) is 24.8. The molecule has 0 aliphatic heterocycles. The molecule has 0 unspecified atom stereocenters. The van der Waals surface area contributed by atoms with E-state index in [1.54, 1.807) is 6.29 Å². The van der Waals surface area contributed by atoms with Gasteiger partial charge in [-0.05, 0) is 26.2 Å². The summed E-state index contributed by atoms with van der Waals surface area (Å²) in [5.41, 5.74) is 10.2. The highest BCUT2D eigenvalue weighted by atomic mass is 16.2. The van der Waals surface area contributed by atoms with Gasteiger partial charge in [0.2, 0.25) is 29.9 Å². The molecule has 0 aromatic carbocycles. The Morgan fingerprint density at radius 1 is 1.04 bits per heavy atom. The molecule has 1 radical (unpaired) electrons. The number of carbonyl (C=O) groups is 4. The Labute approximate surface area is 163 Å². The minimum atomic E-state index is -1.02. The van der Waals surface area contributed by atoms with Gasteiger partial charge in [-0.1, -0.05) is 0 Å². The molecule has 0 saturated heterocycles. The number of nitrogens with two attached hydrogens (primary N) is 2.